The Bertz CT molecular complexity index is 934. The van der Waals surface area contributed by atoms with Gasteiger partial charge < -0.3 is 20.4 Å². The average Bonchev–Trinajstić information content (AvgIpc) is 3.44. The molecule has 172 valence electrons. The molecular formula is C21H29FN8O2. The van der Waals surface area contributed by atoms with Crippen LogP contribution in [-0.2, 0) is 11.5 Å². The number of alkyl halides is 1. The maximum atomic E-state index is 13.6. The first kappa shape index (κ1) is 22.0. The van der Waals surface area contributed by atoms with Gasteiger partial charge in [0.05, 0.1) is 11.7 Å². The summed E-state index contributed by atoms with van der Waals surface area (Å²) in [5.41, 5.74) is 0.253. The van der Waals surface area contributed by atoms with Crippen LogP contribution in [0.15, 0.2) is 24.8 Å². The lowest BCUT2D eigenvalue weighted by Crippen LogP contribution is -2.58. The minimum Gasteiger partial charge on any atom is -0.353 e. The Labute approximate surface area is 186 Å². The Balaban J connectivity index is 1.58. The number of hydrogen-bond donors (Lipinski definition) is 2. The second kappa shape index (κ2) is 9.92. The van der Waals surface area contributed by atoms with Crippen molar-refractivity contribution in [2.75, 3.05) is 31.1 Å². The lowest BCUT2D eigenvalue weighted by molar-refractivity contribution is -0.121. The van der Waals surface area contributed by atoms with Crippen molar-refractivity contribution in [1.82, 2.24) is 35.1 Å². The number of halogens is 1. The Morgan fingerprint density at radius 2 is 2.09 bits per heavy atom. The summed E-state index contributed by atoms with van der Waals surface area (Å²) >= 11 is 0. The van der Waals surface area contributed by atoms with Gasteiger partial charge >= 0.3 is 6.03 Å². The monoisotopic (exact) mass is 444 g/mol. The average molecular weight is 445 g/mol. The van der Waals surface area contributed by atoms with Crippen LogP contribution in [0, 0.1) is 0 Å². The van der Waals surface area contributed by atoms with Gasteiger partial charge in [0.2, 0.25) is 11.9 Å². The van der Waals surface area contributed by atoms with Crippen LogP contribution < -0.4 is 15.5 Å². The summed E-state index contributed by atoms with van der Waals surface area (Å²) < 4.78 is 15.2. The van der Waals surface area contributed by atoms with Crippen molar-refractivity contribution < 1.29 is 14.0 Å². The maximum absolute atomic E-state index is 13.6. The fraction of sp³-hybridized carbons (Fsp3) is 0.571. The summed E-state index contributed by atoms with van der Waals surface area (Å²) in [4.78, 5) is 41.7. The molecule has 0 aromatic carbocycles. The Morgan fingerprint density at radius 1 is 1.25 bits per heavy atom. The molecule has 3 heterocycles. The van der Waals surface area contributed by atoms with Crippen molar-refractivity contribution in [1.29, 1.82) is 0 Å². The number of urea groups is 1. The molecule has 1 atom stereocenters. The molecule has 10 nitrogen and oxygen atoms in total. The molecule has 1 saturated carbocycles. The van der Waals surface area contributed by atoms with Crippen molar-refractivity contribution in [3.8, 4) is 5.95 Å². The number of rotatable bonds is 8. The van der Waals surface area contributed by atoms with Crippen LogP contribution in [0.5, 0.6) is 0 Å². The number of carbonyl (C=O) groups is 2. The Kier molecular flexibility index (Phi) is 6.81. The van der Waals surface area contributed by atoms with Gasteiger partial charge in [-0.05, 0) is 19.3 Å². The molecule has 4 rings (SSSR count). The van der Waals surface area contributed by atoms with Gasteiger partial charge in [-0.15, -0.1) is 0 Å². The number of hydrogen-bond acceptors (Lipinski definition) is 6. The maximum Gasteiger partial charge on any atom is 0.317 e. The molecule has 0 radical (unpaired) electrons. The van der Waals surface area contributed by atoms with E-state index in [1.54, 1.807) is 34.3 Å². The third-order valence-electron chi connectivity index (χ3n) is 5.58. The molecule has 2 aliphatic rings. The highest BCUT2D eigenvalue weighted by Gasteiger charge is 2.33. The van der Waals surface area contributed by atoms with Crippen molar-refractivity contribution in [3.63, 3.8) is 0 Å². The minimum atomic E-state index is -0.733. The van der Waals surface area contributed by atoms with Crippen LogP contribution in [0.25, 0.3) is 5.95 Å². The second-order valence-electron chi connectivity index (χ2n) is 8.19. The molecule has 1 unspecified atom stereocenters. The van der Waals surface area contributed by atoms with E-state index in [1.807, 2.05) is 11.8 Å². The molecule has 2 N–H and O–H groups in total. The number of carbonyl (C=O) groups excluding carboxylic acids is 2. The first-order chi connectivity index (χ1) is 15.6. The lowest BCUT2D eigenvalue weighted by atomic mass is 10.1. The number of amides is 3. The minimum absolute atomic E-state index is 0.0482. The fourth-order valence-corrected chi connectivity index (χ4v) is 3.77. The quantitative estimate of drug-likeness (QED) is 0.637. The van der Waals surface area contributed by atoms with Gasteiger partial charge in [0.1, 0.15) is 18.8 Å². The predicted molar refractivity (Wildman–Crippen MR) is 116 cm³/mol. The van der Waals surface area contributed by atoms with Crippen molar-refractivity contribution in [3.05, 3.63) is 30.5 Å². The van der Waals surface area contributed by atoms with Gasteiger partial charge in [-0.1, -0.05) is 6.92 Å². The van der Waals surface area contributed by atoms with Crippen LogP contribution in [-0.4, -0.2) is 74.6 Å². The van der Waals surface area contributed by atoms with E-state index in [-0.39, 0.29) is 36.1 Å². The molecule has 0 bridgehead atoms. The molecule has 1 aliphatic heterocycles. The Morgan fingerprint density at radius 3 is 2.78 bits per heavy atom. The van der Waals surface area contributed by atoms with Crippen LogP contribution in [0.2, 0.25) is 0 Å². The smallest absolute Gasteiger partial charge is 0.317 e. The zero-order valence-corrected chi connectivity index (χ0v) is 18.2. The molecule has 0 spiro atoms. The topological polar surface area (TPSA) is 108 Å². The molecule has 3 amide bonds. The SMILES string of the molecule is CCCNC(=O)N1CCN(c2cc(CF)nc(-n3ccnc3)n2)C(CC(=O)NC2CC2)C1. The first-order valence-corrected chi connectivity index (χ1v) is 11.1. The summed E-state index contributed by atoms with van der Waals surface area (Å²) in [5.74, 6) is 0.805. The van der Waals surface area contributed by atoms with E-state index in [1.165, 1.54) is 0 Å². The molecule has 1 saturated heterocycles. The zero-order valence-electron chi connectivity index (χ0n) is 18.2. The van der Waals surface area contributed by atoms with Crippen LogP contribution in [0.3, 0.4) is 0 Å². The number of nitrogens with one attached hydrogen (secondary N) is 2. The first-order valence-electron chi connectivity index (χ1n) is 11.1. The van der Waals surface area contributed by atoms with Crippen LogP contribution in [0.1, 0.15) is 38.3 Å². The van der Waals surface area contributed by atoms with Gasteiger partial charge in [-0.2, -0.15) is 4.98 Å². The third kappa shape index (κ3) is 5.32. The summed E-state index contributed by atoms with van der Waals surface area (Å²) in [5, 5.41) is 5.92. The van der Waals surface area contributed by atoms with Gasteiger partial charge in [0.15, 0.2) is 0 Å². The molecule has 2 fully saturated rings. The van der Waals surface area contributed by atoms with Crippen molar-refractivity contribution >= 4 is 17.8 Å². The number of aromatic nitrogens is 4. The fourth-order valence-electron chi connectivity index (χ4n) is 3.77. The second-order valence-corrected chi connectivity index (χ2v) is 8.19. The van der Waals surface area contributed by atoms with E-state index >= 15 is 0 Å². The highest BCUT2D eigenvalue weighted by Crippen LogP contribution is 2.24. The normalized spacial score (nSPS) is 18.5. The van der Waals surface area contributed by atoms with Crippen LogP contribution in [0.4, 0.5) is 15.0 Å². The zero-order chi connectivity index (χ0) is 22.5. The van der Waals surface area contributed by atoms with Gasteiger partial charge in [-0.3, -0.25) is 9.36 Å². The van der Waals surface area contributed by atoms with E-state index in [0.717, 1.165) is 19.3 Å². The van der Waals surface area contributed by atoms with E-state index in [9.17, 15) is 14.0 Å². The number of piperazine rings is 1. The van der Waals surface area contributed by atoms with E-state index in [0.29, 0.717) is 37.9 Å². The molecule has 1 aliphatic carbocycles. The predicted octanol–water partition coefficient (Wildman–Crippen LogP) is 1.41. The summed E-state index contributed by atoms with van der Waals surface area (Å²) in [6.07, 6.45) is 7.93. The summed E-state index contributed by atoms with van der Waals surface area (Å²) in [6, 6.07) is 1.45. The highest BCUT2D eigenvalue weighted by atomic mass is 19.1. The number of anilines is 1. The van der Waals surface area contributed by atoms with Crippen molar-refractivity contribution in [2.45, 2.75) is 51.4 Å². The van der Waals surface area contributed by atoms with Gasteiger partial charge in [0, 0.05) is 57.1 Å². The number of nitrogens with zero attached hydrogens (tertiary/aromatic N) is 6. The molecule has 11 heteroatoms. The third-order valence-corrected chi connectivity index (χ3v) is 5.58. The highest BCUT2D eigenvalue weighted by molar-refractivity contribution is 5.79. The lowest BCUT2D eigenvalue weighted by Gasteiger charge is -2.42. The van der Waals surface area contributed by atoms with E-state index in [4.69, 9.17) is 0 Å². The standard InChI is InChI=1S/C21H29FN8O2/c1-2-5-24-21(32)28-8-9-30(17(13-28)11-19(31)25-15-3-4-15)18-10-16(12-22)26-20(27-18)29-7-6-23-14-29/h6-7,10,14-15,17H,2-5,8-9,11-13H2,1H3,(H,24,32)(H,25,31). The molecular weight excluding hydrogens is 415 g/mol. The van der Waals surface area contributed by atoms with Gasteiger partial charge in [-0.25, -0.2) is 19.2 Å². The van der Waals surface area contributed by atoms with E-state index < -0.39 is 6.67 Å². The molecule has 32 heavy (non-hydrogen) atoms. The Hall–Kier alpha value is -3.24. The molecule has 2 aromatic rings. The largest absolute Gasteiger partial charge is 0.353 e. The van der Waals surface area contributed by atoms with Crippen molar-refractivity contribution in [2.24, 2.45) is 0 Å². The molecule has 2 aromatic heterocycles. The van der Waals surface area contributed by atoms with E-state index in [2.05, 4.69) is 25.6 Å². The van der Waals surface area contributed by atoms with Crippen LogP contribution >= 0.6 is 0 Å². The summed E-state index contributed by atoms with van der Waals surface area (Å²) in [6.45, 7) is 3.20. The van der Waals surface area contributed by atoms with Gasteiger partial charge in [0.25, 0.3) is 0 Å². The summed E-state index contributed by atoms with van der Waals surface area (Å²) in [7, 11) is 0. The number of imidazole rings is 1.